The Balaban J connectivity index is 2.42. The van der Waals surface area contributed by atoms with Crippen LogP contribution in [0.2, 0.25) is 0 Å². The predicted molar refractivity (Wildman–Crippen MR) is 62.4 cm³/mol. The van der Waals surface area contributed by atoms with Crippen LogP contribution in [0.3, 0.4) is 0 Å². The first-order valence-electron chi connectivity index (χ1n) is 5.61. The van der Waals surface area contributed by atoms with Gasteiger partial charge >= 0.3 is 0 Å². The third-order valence-corrected chi connectivity index (χ3v) is 3.09. The van der Waals surface area contributed by atoms with Gasteiger partial charge in [0, 0.05) is 11.6 Å². The van der Waals surface area contributed by atoms with Crippen LogP contribution >= 0.6 is 0 Å². The fourth-order valence-electron chi connectivity index (χ4n) is 2.47. The van der Waals surface area contributed by atoms with Crippen LogP contribution in [0.15, 0.2) is 12.1 Å². The van der Waals surface area contributed by atoms with E-state index in [-0.39, 0.29) is 0 Å². The van der Waals surface area contributed by atoms with Gasteiger partial charge in [0.25, 0.3) is 0 Å². The zero-order chi connectivity index (χ0) is 10.8. The summed E-state index contributed by atoms with van der Waals surface area (Å²) in [4.78, 5) is 0. The molecule has 0 bridgehead atoms. The van der Waals surface area contributed by atoms with Crippen LogP contribution < -0.4 is 10.1 Å². The van der Waals surface area contributed by atoms with Crippen LogP contribution in [-0.2, 0) is 0 Å². The van der Waals surface area contributed by atoms with Crippen LogP contribution in [0.1, 0.15) is 35.6 Å². The summed E-state index contributed by atoms with van der Waals surface area (Å²) in [6, 6.07) is 4.91. The molecular weight excluding hydrogens is 186 g/mol. The Bertz CT molecular complexity index is 354. The van der Waals surface area contributed by atoms with Gasteiger partial charge in [-0.3, -0.25) is 0 Å². The SMILES string of the molecule is COc1c(C)cc(C)cc1[C@H]1CCCN1. The number of hydrogen-bond acceptors (Lipinski definition) is 2. The van der Waals surface area contributed by atoms with E-state index in [0.29, 0.717) is 6.04 Å². The van der Waals surface area contributed by atoms with Gasteiger partial charge in [-0.2, -0.15) is 0 Å². The van der Waals surface area contributed by atoms with Gasteiger partial charge < -0.3 is 10.1 Å². The molecule has 2 heteroatoms. The van der Waals surface area contributed by atoms with E-state index in [0.717, 1.165) is 12.3 Å². The number of aryl methyl sites for hydroxylation is 2. The quantitative estimate of drug-likeness (QED) is 0.801. The van der Waals surface area contributed by atoms with Gasteiger partial charge in [-0.15, -0.1) is 0 Å². The van der Waals surface area contributed by atoms with Gasteiger partial charge in [-0.1, -0.05) is 17.7 Å². The fraction of sp³-hybridized carbons (Fsp3) is 0.538. The average Bonchev–Trinajstić information content (AvgIpc) is 2.69. The molecule has 0 aliphatic carbocycles. The average molecular weight is 205 g/mol. The summed E-state index contributed by atoms with van der Waals surface area (Å²) in [6.07, 6.45) is 2.49. The molecule has 1 aliphatic heterocycles. The minimum Gasteiger partial charge on any atom is -0.496 e. The van der Waals surface area contributed by atoms with E-state index in [1.54, 1.807) is 7.11 Å². The topological polar surface area (TPSA) is 21.3 Å². The zero-order valence-corrected chi connectivity index (χ0v) is 9.76. The third kappa shape index (κ3) is 2.00. The fourth-order valence-corrected chi connectivity index (χ4v) is 2.47. The number of benzene rings is 1. The van der Waals surface area contributed by atoms with E-state index in [1.165, 1.54) is 29.5 Å². The van der Waals surface area contributed by atoms with E-state index >= 15 is 0 Å². The second kappa shape index (κ2) is 4.23. The van der Waals surface area contributed by atoms with Crippen molar-refractivity contribution in [1.82, 2.24) is 5.32 Å². The Labute approximate surface area is 91.6 Å². The van der Waals surface area contributed by atoms with Crippen molar-refractivity contribution in [3.63, 3.8) is 0 Å². The highest BCUT2D eigenvalue weighted by Gasteiger charge is 2.20. The maximum Gasteiger partial charge on any atom is 0.126 e. The Morgan fingerprint density at radius 2 is 2.13 bits per heavy atom. The molecule has 2 nitrogen and oxygen atoms in total. The van der Waals surface area contributed by atoms with Gasteiger partial charge in [0.1, 0.15) is 5.75 Å². The Hall–Kier alpha value is -1.02. The molecule has 1 saturated heterocycles. The largest absolute Gasteiger partial charge is 0.496 e. The van der Waals surface area contributed by atoms with Crippen LogP contribution in [0.4, 0.5) is 0 Å². The molecule has 1 atom stereocenters. The summed E-state index contributed by atoms with van der Waals surface area (Å²) in [5, 5.41) is 3.52. The molecule has 1 aromatic rings. The summed E-state index contributed by atoms with van der Waals surface area (Å²) < 4.78 is 5.50. The zero-order valence-electron chi connectivity index (χ0n) is 9.76. The molecule has 2 rings (SSSR count). The molecule has 1 N–H and O–H groups in total. The molecule has 82 valence electrons. The molecular formula is C13H19NO. The number of ether oxygens (including phenoxy) is 1. The highest BCUT2D eigenvalue weighted by molar-refractivity contribution is 5.45. The molecule has 0 amide bonds. The lowest BCUT2D eigenvalue weighted by atomic mass is 9.98. The number of rotatable bonds is 2. The molecule has 1 fully saturated rings. The first kappa shape index (κ1) is 10.5. The van der Waals surface area contributed by atoms with Crippen molar-refractivity contribution >= 4 is 0 Å². The van der Waals surface area contributed by atoms with Crippen LogP contribution in [0, 0.1) is 13.8 Å². The maximum absolute atomic E-state index is 5.50. The molecule has 0 saturated carbocycles. The van der Waals surface area contributed by atoms with E-state index in [9.17, 15) is 0 Å². The predicted octanol–water partition coefficient (Wildman–Crippen LogP) is 2.74. The summed E-state index contributed by atoms with van der Waals surface area (Å²) >= 11 is 0. The highest BCUT2D eigenvalue weighted by Crippen LogP contribution is 2.34. The highest BCUT2D eigenvalue weighted by atomic mass is 16.5. The molecule has 0 spiro atoms. The van der Waals surface area contributed by atoms with E-state index in [4.69, 9.17) is 4.74 Å². The Morgan fingerprint density at radius 3 is 2.73 bits per heavy atom. The van der Waals surface area contributed by atoms with Gasteiger partial charge in [0.15, 0.2) is 0 Å². The second-order valence-electron chi connectivity index (χ2n) is 4.35. The molecule has 15 heavy (non-hydrogen) atoms. The Kier molecular flexibility index (Phi) is 2.96. The van der Waals surface area contributed by atoms with Gasteiger partial charge in [-0.25, -0.2) is 0 Å². The molecule has 1 aromatic carbocycles. The van der Waals surface area contributed by atoms with Crippen molar-refractivity contribution in [2.24, 2.45) is 0 Å². The first-order valence-corrected chi connectivity index (χ1v) is 5.61. The van der Waals surface area contributed by atoms with Crippen LogP contribution in [0.25, 0.3) is 0 Å². The van der Waals surface area contributed by atoms with Crippen molar-refractivity contribution in [1.29, 1.82) is 0 Å². The normalized spacial score (nSPS) is 20.6. The summed E-state index contributed by atoms with van der Waals surface area (Å²) in [6.45, 7) is 5.38. The van der Waals surface area contributed by atoms with Crippen molar-refractivity contribution in [3.8, 4) is 5.75 Å². The molecule has 0 aromatic heterocycles. The number of hydrogen-bond donors (Lipinski definition) is 1. The lowest BCUT2D eigenvalue weighted by Gasteiger charge is -2.17. The molecule has 1 heterocycles. The number of nitrogens with one attached hydrogen (secondary N) is 1. The van der Waals surface area contributed by atoms with E-state index in [2.05, 4.69) is 31.3 Å². The molecule has 1 aliphatic rings. The minimum absolute atomic E-state index is 0.485. The molecule has 0 radical (unpaired) electrons. The summed E-state index contributed by atoms with van der Waals surface area (Å²) in [5.41, 5.74) is 3.88. The lowest BCUT2D eigenvalue weighted by molar-refractivity contribution is 0.400. The molecule has 0 unspecified atom stereocenters. The van der Waals surface area contributed by atoms with Crippen molar-refractivity contribution in [2.75, 3.05) is 13.7 Å². The van der Waals surface area contributed by atoms with Crippen molar-refractivity contribution in [3.05, 3.63) is 28.8 Å². The van der Waals surface area contributed by atoms with Gasteiger partial charge in [0.05, 0.1) is 7.11 Å². The van der Waals surface area contributed by atoms with Crippen molar-refractivity contribution in [2.45, 2.75) is 32.7 Å². The minimum atomic E-state index is 0.485. The second-order valence-corrected chi connectivity index (χ2v) is 4.35. The monoisotopic (exact) mass is 205 g/mol. The standard InChI is InChI=1S/C13H19NO/c1-9-7-10(2)13(15-3)11(8-9)12-5-4-6-14-12/h7-8,12,14H,4-6H2,1-3H3/t12-/m1/s1. The maximum atomic E-state index is 5.50. The smallest absolute Gasteiger partial charge is 0.126 e. The summed E-state index contributed by atoms with van der Waals surface area (Å²) in [5.74, 6) is 1.06. The van der Waals surface area contributed by atoms with E-state index in [1.807, 2.05) is 0 Å². The third-order valence-electron chi connectivity index (χ3n) is 3.09. The Morgan fingerprint density at radius 1 is 1.33 bits per heavy atom. The summed E-state index contributed by atoms with van der Waals surface area (Å²) in [7, 11) is 1.76. The van der Waals surface area contributed by atoms with Crippen LogP contribution in [0.5, 0.6) is 5.75 Å². The first-order chi connectivity index (χ1) is 7.22. The van der Waals surface area contributed by atoms with Crippen LogP contribution in [-0.4, -0.2) is 13.7 Å². The number of methoxy groups -OCH3 is 1. The lowest BCUT2D eigenvalue weighted by Crippen LogP contribution is -2.14. The van der Waals surface area contributed by atoms with Gasteiger partial charge in [0.2, 0.25) is 0 Å². The van der Waals surface area contributed by atoms with Gasteiger partial charge in [-0.05, 0) is 38.8 Å². The van der Waals surface area contributed by atoms with Crippen molar-refractivity contribution < 1.29 is 4.74 Å². The van der Waals surface area contributed by atoms with E-state index < -0.39 is 0 Å².